The molecule has 2 heterocycles. The van der Waals surface area contributed by atoms with E-state index in [1.165, 1.54) is 18.7 Å². The first-order valence-corrected chi connectivity index (χ1v) is 4.60. The Bertz CT molecular complexity index is 328. The molecule has 13 heavy (non-hydrogen) atoms. The average molecular weight is 179 g/mol. The fourth-order valence-electron chi connectivity index (χ4n) is 1.67. The summed E-state index contributed by atoms with van der Waals surface area (Å²) >= 11 is 0. The number of hydrogen-bond acceptors (Lipinski definition) is 3. The molecule has 1 aromatic rings. The molecule has 0 spiro atoms. The third kappa shape index (κ3) is 1.95. The second-order valence-corrected chi connectivity index (χ2v) is 3.36. The molecule has 2 rings (SSSR count). The van der Waals surface area contributed by atoms with Gasteiger partial charge in [-0.05, 0) is 19.4 Å². The molecule has 1 aromatic heterocycles. The maximum atomic E-state index is 11.3. The van der Waals surface area contributed by atoms with Crippen molar-refractivity contribution in [3.8, 4) is 0 Å². The van der Waals surface area contributed by atoms with Gasteiger partial charge >= 0.3 is 0 Å². The van der Waals surface area contributed by atoms with E-state index in [9.17, 15) is 4.79 Å². The van der Waals surface area contributed by atoms with Crippen LogP contribution in [0.5, 0.6) is 0 Å². The number of rotatable bonds is 2. The molecule has 0 aromatic carbocycles. The van der Waals surface area contributed by atoms with Crippen LogP contribution in [0.4, 0.5) is 0 Å². The van der Waals surface area contributed by atoms with E-state index in [2.05, 4.69) is 10.3 Å². The van der Waals surface area contributed by atoms with E-state index in [1.54, 1.807) is 10.9 Å². The van der Waals surface area contributed by atoms with Crippen LogP contribution >= 0.6 is 0 Å². The highest BCUT2D eigenvalue weighted by Gasteiger charge is 2.14. The van der Waals surface area contributed by atoms with Gasteiger partial charge in [-0.15, -0.1) is 0 Å². The summed E-state index contributed by atoms with van der Waals surface area (Å²) in [6, 6.07) is 1.94. The summed E-state index contributed by atoms with van der Waals surface area (Å²) in [5, 5.41) is 3.34. The molecular weight excluding hydrogens is 166 g/mol. The second-order valence-electron chi connectivity index (χ2n) is 3.36. The zero-order valence-corrected chi connectivity index (χ0v) is 7.44. The lowest BCUT2D eigenvalue weighted by Gasteiger charge is -2.10. The van der Waals surface area contributed by atoms with Gasteiger partial charge in [0.1, 0.15) is 0 Å². The Morgan fingerprint density at radius 1 is 1.69 bits per heavy atom. The van der Waals surface area contributed by atoms with Gasteiger partial charge in [0.05, 0.1) is 6.33 Å². The van der Waals surface area contributed by atoms with E-state index in [4.69, 9.17) is 0 Å². The Morgan fingerprint density at radius 3 is 3.31 bits per heavy atom. The SMILES string of the molecule is O=c1ccncn1CC1CCCN1. The molecule has 70 valence electrons. The Kier molecular flexibility index (Phi) is 2.40. The number of hydrogen-bond donors (Lipinski definition) is 1. The van der Waals surface area contributed by atoms with Crippen molar-refractivity contribution in [1.29, 1.82) is 0 Å². The van der Waals surface area contributed by atoms with Crippen LogP contribution in [0.3, 0.4) is 0 Å². The molecular formula is C9H13N3O. The van der Waals surface area contributed by atoms with E-state index in [0.29, 0.717) is 6.04 Å². The highest BCUT2D eigenvalue weighted by Crippen LogP contribution is 2.05. The predicted molar refractivity (Wildman–Crippen MR) is 49.5 cm³/mol. The Labute approximate surface area is 76.6 Å². The molecule has 1 saturated heterocycles. The molecule has 0 amide bonds. The van der Waals surface area contributed by atoms with Gasteiger partial charge in [-0.2, -0.15) is 0 Å². The number of aromatic nitrogens is 2. The van der Waals surface area contributed by atoms with Gasteiger partial charge in [0, 0.05) is 24.8 Å². The van der Waals surface area contributed by atoms with E-state index in [-0.39, 0.29) is 5.56 Å². The fourth-order valence-corrected chi connectivity index (χ4v) is 1.67. The minimum Gasteiger partial charge on any atom is -0.312 e. The van der Waals surface area contributed by atoms with Crippen LogP contribution in [0.2, 0.25) is 0 Å². The van der Waals surface area contributed by atoms with E-state index < -0.39 is 0 Å². The number of nitrogens with zero attached hydrogens (tertiary/aromatic N) is 2. The smallest absolute Gasteiger partial charge is 0.253 e. The Morgan fingerprint density at radius 2 is 2.62 bits per heavy atom. The molecule has 4 heteroatoms. The van der Waals surface area contributed by atoms with Crippen molar-refractivity contribution in [1.82, 2.24) is 14.9 Å². The van der Waals surface area contributed by atoms with Crippen molar-refractivity contribution >= 4 is 0 Å². The lowest BCUT2D eigenvalue weighted by Crippen LogP contribution is -2.31. The van der Waals surface area contributed by atoms with E-state index in [1.807, 2.05) is 0 Å². The van der Waals surface area contributed by atoms with Gasteiger partial charge in [0.25, 0.3) is 5.56 Å². The maximum Gasteiger partial charge on any atom is 0.253 e. The highest BCUT2D eigenvalue weighted by atomic mass is 16.1. The van der Waals surface area contributed by atoms with Crippen LogP contribution in [0.15, 0.2) is 23.4 Å². The molecule has 0 aliphatic carbocycles. The van der Waals surface area contributed by atoms with Crippen LogP contribution in [0.1, 0.15) is 12.8 Å². The van der Waals surface area contributed by atoms with Gasteiger partial charge in [0.2, 0.25) is 0 Å². The summed E-state index contributed by atoms with van der Waals surface area (Å²) in [5.41, 5.74) is 0.0312. The van der Waals surface area contributed by atoms with Gasteiger partial charge < -0.3 is 5.32 Å². The first kappa shape index (κ1) is 8.44. The quantitative estimate of drug-likeness (QED) is 0.695. The van der Waals surface area contributed by atoms with Crippen LogP contribution in [-0.2, 0) is 6.54 Å². The Hall–Kier alpha value is -1.16. The molecule has 1 aliphatic heterocycles. The van der Waals surface area contributed by atoms with Crippen LogP contribution in [0.25, 0.3) is 0 Å². The van der Waals surface area contributed by atoms with Crippen molar-refractivity contribution in [2.24, 2.45) is 0 Å². The van der Waals surface area contributed by atoms with Crippen molar-refractivity contribution in [2.75, 3.05) is 6.54 Å². The first-order chi connectivity index (χ1) is 6.36. The first-order valence-electron chi connectivity index (χ1n) is 4.60. The monoisotopic (exact) mass is 179 g/mol. The summed E-state index contributed by atoms with van der Waals surface area (Å²) in [5.74, 6) is 0. The van der Waals surface area contributed by atoms with Crippen molar-refractivity contribution in [2.45, 2.75) is 25.4 Å². The molecule has 0 saturated carbocycles. The summed E-state index contributed by atoms with van der Waals surface area (Å²) in [6.07, 6.45) is 5.49. The van der Waals surface area contributed by atoms with Gasteiger partial charge in [-0.1, -0.05) is 0 Å². The van der Waals surface area contributed by atoms with Crippen molar-refractivity contribution in [3.05, 3.63) is 28.9 Å². The van der Waals surface area contributed by atoms with Crippen molar-refractivity contribution < 1.29 is 0 Å². The van der Waals surface area contributed by atoms with Crippen LogP contribution < -0.4 is 10.9 Å². The normalized spacial score (nSPS) is 22.0. The standard InChI is InChI=1S/C9H13N3O/c13-9-3-5-10-7-12(9)6-8-2-1-4-11-8/h3,5,7-8,11H,1-2,4,6H2. The van der Waals surface area contributed by atoms with E-state index >= 15 is 0 Å². The zero-order valence-electron chi connectivity index (χ0n) is 7.44. The van der Waals surface area contributed by atoms with Gasteiger partial charge in [-0.25, -0.2) is 4.98 Å². The summed E-state index contributed by atoms with van der Waals surface area (Å²) in [6.45, 7) is 1.81. The second kappa shape index (κ2) is 3.70. The lowest BCUT2D eigenvalue weighted by atomic mass is 10.2. The molecule has 4 nitrogen and oxygen atoms in total. The predicted octanol–water partition coefficient (Wildman–Crippen LogP) is -0.00470. The molecule has 0 radical (unpaired) electrons. The molecule has 1 atom stereocenters. The van der Waals surface area contributed by atoms with Gasteiger partial charge in [-0.3, -0.25) is 9.36 Å². The molecule has 1 aliphatic rings. The van der Waals surface area contributed by atoms with Gasteiger partial charge in [0.15, 0.2) is 0 Å². The molecule has 0 bridgehead atoms. The fraction of sp³-hybridized carbons (Fsp3) is 0.556. The van der Waals surface area contributed by atoms with Crippen molar-refractivity contribution in [3.63, 3.8) is 0 Å². The third-order valence-electron chi connectivity index (χ3n) is 2.37. The largest absolute Gasteiger partial charge is 0.312 e. The maximum absolute atomic E-state index is 11.3. The summed E-state index contributed by atoms with van der Waals surface area (Å²) < 4.78 is 1.66. The molecule has 1 unspecified atom stereocenters. The average Bonchev–Trinajstić information content (AvgIpc) is 2.61. The molecule has 1 fully saturated rings. The van der Waals surface area contributed by atoms with Crippen LogP contribution in [0, 0.1) is 0 Å². The lowest BCUT2D eigenvalue weighted by molar-refractivity contribution is 0.495. The van der Waals surface area contributed by atoms with E-state index in [0.717, 1.165) is 19.5 Å². The third-order valence-corrected chi connectivity index (χ3v) is 2.37. The topological polar surface area (TPSA) is 46.9 Å². The zero-order chi connectivity index (χ0) is 9.10. The summed E-state index contributed by atoms with van der Waals surface area (Å²) in [7, 11) is 0. The molecule has 1 N–H and O–H groups in total. The minimum absolute atomic E-state index is 0.0312. The summed E-state index contributed by atoms with van der Waals surface area (Å²) in [4.78, 5) is 15.2. The number of nitrogens with one attached hydrogen (secondary N) is 1. The highest BCUT2D eigenvalue weighted by molar-refractivity contribution is 4.84. The van der Waals surface area contributed by atoms with Crippen LogP contribution in [-0.4, -0.2) is 22.1 Å². The minimum atomic E-state index is 0.0312. The Balaban J connectivity index is 2.08.